The first-order valence-corrected chi connectivity index (χ1v) is 36.8. The second-order valence-corrected chi connectivity index (χ2v) is 28.8. The van der Waals surface area contributed by atoms with Crippen LogP contribution in [0, 0.1) is 0 Å². The van der Waals surface area contributed by atoms with Crippen molar-refractivity contribution in [3.63, 3.8) is 0 Å². The first kappa shape index (κ1) is 59.6. The second-order valence-electron chi connectivity index (χ2n) is 26.6. The van der Waals surface area contributed by atoms with E-state index in [1.54, 1.807) is 0 Å². The first-order chi connectivity index (χ1) is 51.6. The number of thiophene rings is 2. The predicted molar refractivity (Wildman–Crippen MR) is 442 cm³/mol. The van der Waals surface area contributed by atoms with Crippen LogP contribution in [-0.4, -0.2) is 9.13 Å². The van der Waals surface area contributed by atoms with E-state index in [0.717, 1.165) is 78.0 Å². The van der Waals surface area contributed by atoms with Gasteiger partial charge in [-0.25, -0.2) is 0 Å². The van der Waals surface area contributed by atoms with Gasteiger partial charge in [0.15, 0.2) is 0 Å². The van der Waals surface area contributed by atoms with Crippen molar-refractivity contribution in [2.24, 2.45) is 0 Å². The molecule has 0 radical (unpaired) electrons. The van der Waals surface area contributed by atoms with Crippen molar-refractivity contribution in [2.45, 2.75) is 0 Å². The van der Waals surface area contributed by atoms with Gasteiger partial charge >= 0.3 is 0 Å². The van der Waals surface area contributed by atoms with E-state index in [9.17, 15) is 0 Å². The van der Waals surface area contributed by atoms with Crippen LogP contribution in [0.25, 0.3) is 161 Å². The summed E-state index contributed by atoms with van der Waals surface area (Å²) in [6, 6.07) is 131. The van der Waals surface area contributed by atoms with Crippen LogP contribution in [0.2, 0.25) is 0 Å². The van der Waals surface area contributed by atoms with Crippen LogP contribution in [0.15, 0.2) is 373 Å². The molecule has 8 heteroatoms. The molecule has 0 amide bonds. The van der Waals surface area contributed by atoms with E-state index in [-0.39, 0.29) is 0 Å². The monoisotopic (exact) mass is 1360 g/mol. The number of hydrogen-bond donors (Lipinski definition) is 0. The Kier molecular flexibility index (Phi) is 13.9. The Morgan fingerprint density at radius 1 is 0.221 bits per heavy atom. The van der Waals surface area contributed by atoms with Crippen LogP contribution >= 0.6 is 22.7 Å². The van der Waals surface area contributed by atoms with Gasteiger partial charge in [-0.2, -0.15) is 0 Å². The second kappa shape index (κ2) is 24.3. The summed E-state index contributed by atoms with van der Waals surface area (Å²) in [5.74, 6) is 0. The average molecular weight is 1370 g/mol. The van der Waals surface area contributed by atoms with Crippen molar-refractivity contribution in [3.05, 3.63) is 364 Å². The zero-order valence-electron chi connectivity index (χ0n) is 56.1. The molecule has 0 aliphatic rings. The lowest BCUT2D eigenvalue weighted by atomic mass is 10.0. The first-order valence-electron chi connectivity index (χ1n) is 35.2. The fraction of sp³-hybridized carbons (Fsp3) is 0. The van der Waals surface area contributed by atoms with Crippen molar-refractivity contribution in [3.8, 4) is 33.6 Å². The lowest BCUT2D eigenvalue weighted by molar-refractivity contribution is 0.668. The molecule has 0 saturated carbocycles. The fourth-order valence-electron chi connectivity index (χ4n) is 16.1. The number of benzene rings is 16. The fourth-order valence-corrected chi connectivity index (χ4v) is 18.4. The highest BCUT2D eigenvalue weighted by Gasteiger charge is 2.25. The predicted octanol–water partition coefficient (Wildman–Crippen LogP) is 28.4. The van der Waals surface area contributed by atoms with Crippen molar-refractivity contribution >= 4 is 185 Å². The van der Waals surface area contributed by atoms with Gasteiger partial charge in [-0.15, -0.1) is 22.7 Å². The molecule has 104 heavy (non-hydrogen) atoms. The molecule has 22 aromatic rings. The molecular weight excluding hydrogens is 1310 g/mol. The van der Waals surface area contributed by atoms with Gasteiger partial charge in [0.1, 0.15) is 22.3 Å². The van der Waals surface area contributed by atoms with E-state index < -0.39 is 0 Å². The van der Waals surface area contributed by atoms with Crippen LogP contribution in [-0.2, 0) is 0 Å². The zero-order chi connectivity index (χ0) is 68.3. The Morgan fingerprint density at radius 3 is 1.16 bits per heavy atom. The smallest absolute Gasteiger partial charge is 0.137 e. The van der Waals surface area contributed by atoms with E-state index in [1.807, 2.05) is 34.8 Å². The highest BCUT2D eigenvalue weighted by molar-refractivity contribution is 7.26. The maximum atomic E-state index is 6.40. The number of fused-ring (bicyclic) bond motifs is 18. The largest absolute Gasteiger partial charge is 0.456 e. The maximum absolute atomic E-state index is 6.40. The lowest BCUT2D eigenvalue weighted by Crippen LogP contribution is -2.10. The molecule has 0 bridgehead atoms. The van der Waals surface area contributed by atoms with Gasteiger partial charge in [-0.05, 0) is 180 Å². The van der Waals surface area contributed by atoms with Crippen LogP contribution in [0.4, 0.5) is 34.1 Å². The molecule has 16 aromatic carbocycles. The number of rotatable bonds is 10. The van der Waals surface area contributed by atoms with Gasteiger partial charge in [0, 0.05) is 96.4 Å². The van der Waals surface area contributed by atoms with Crippen molar-refractivity contribution in [2.75, 3.05) is 9.80 Å². The summed E-state index contributed by atoms with van der Waals surface area (Å²) >= 11 is 3.70. The van der Waals surface area contributed by atoms with Gasteiger partial charge in [0.2, 0.25) is 0 Å². The minimum absolute atomic E-state index is 0.880. The van der Waals surface area contributed by atoms with Crippen molar-refractivity contribution in [1.29, 1.82) is 0 Å². The summed E-state index contributed by atoms with van der Waals surface area (Å²) in [4.78, 5) is 4.80. The van der Waals surface area contributed by atoms with E-state index in [2.05, 4.69) is 371 Å². The Hall–Kier alpha value is -13.2. The number of furan rings is 2. The van der Waals surface area contributed by atoms with E-state index in [0.29, 0.717) is 0 Å². The van der Waals surface area contributed by atoms with E-state index >= 15 is 0 Å². The zero-order valence-corrected chi connectivity index (χ0v) is 57.7. The molecule has 0 spiro atoms. The molecule has 0 aliphatic carbocycles. The minimum atomic E-state index is 0.880. The number of nitrogens with zero attached hydrogens (tertiary/aromatic N) is 4. The van der Waals surface area contributed by atoms with E-state index in [1.165, 1.54) is 118 Å². The third-order valence-corrected chi connectivity index (χ3v) is 23.1. The molecule has 0 unspecified atom stereocenters. The summed E-state index contributed by atoms with van der Waals surface area (Å²) in [5.41, 5.74) is 22.1. The van der Waals surface area contributed by atoms with Crippen molar-refractivity contribution in [1.82, 2.24) is 9.13 Å². The number of hydrogen-bond acceptors (Lipinski definition) is 6. The molecule has 0 N–H and O–H groups in total. The van der Waals surface area contributed by atoms with Gasteiger partial charge in [-0.1, -0.05) is 206 Å². The maximum Gasteiger partial charge on any atom is 0.137 e. The van der Waals surface area contributed by atoms with Gasteiger partial charge < -0.3 is 27.8 Å². The summed E-state index contributed by atoms with van der Waals surface area (Å²) < 4.78 is 22.6. The molecule has 0 aliphatic heterocycles. The third-order valence-electron chi connectivity index (χ3n) is 20.8. The quantitative estimate of drug-likeness (QED) is 0.137. The SMILES string of the molecule is c1ccc(-n2c3ccccc3c3cc(-c4ccc(N(c5ccc6sc7ccccc7c6c5)c5cccc6oc7ccccc7c56)cc4)ccc32)cc1.c1ccc(-n2c3ccccc3c3cc(-c4ccc(N(c5cccc6c5sc5ccccc56)c5cccc6oc7ccccc7c56)cc4)ccc32)cc1. The minimum Gasteiger partial charge on any atom is -0.456 e. The standard InChI is InChI=1S/2C48H30N2OS/c1-2-12-33(13-3-1)49-40-18-7-4-14-35(40)39-30-32(26-29-41(39)49)31-24-27-34(28-25-31)50(42-19-11-22-45-47(42)38-16-5-8-21-44(38)51-45)43-20-10-17-37-36-15-6-9-23-46(36)52-48(37)43;1-2-11-33(12-3-1)50-41-16-7-4-13-36(41)39-29-32(23-27-42(39)50)31-21-24-34(25-22-31)49(35-26-28-47-40(30-35)37-14-6-9-20-46(37)52-47)43-17-10-19-45-48(43)38-15-5-8-18-44(38)51-45/h2*1-30H. The van der Waals surface area contributed by atoms with Crippen molar-refractivity contribution < 1.29 is 8.83 Å². The molecule has 0 saturated heterocycles. The number of aromatic nitrogens is 2. The van der Waals surface area contributed by atoms with Crippen LogP contribution in [0.1, 0.15) is 0 Å². The van der Waals surface area contributed by atoms with Crippen LogP contribution in [0.3, 0.4) is 0 Å². The molecule has 488 valence electrons. The van der Waals surface area contributed by atoms with E-state index in [4.69, 9.17) is 8.83 Å². The average Bonchev–Trinajstić information content (AvgIpc) is 1.60. The normalized spacial score (nSPS) is 11.8. The summed E-state index contributed by atoms with van der Waals surface area (Å²) in [6.07, 6.45) is 0. The number of anilines is 6. The Morgan fingerprint density at radius 2 is 0.606 bits per heavy atom. The molecule has 6 heterocycles. The Balaban J connectivity index is 0.000000134. The summed E-state index contributed by atoms with van der Waals surface area (Å²) in [5, 5.41) is 14.6. The highest BCUT2D eigenvalue weighted by atomic mass is 32.1. The third kappa shape index (κ3) is 9.68. The topological polar surface area (TPSA) is 42.6 Å². The van der Waals surface area contributed by atoms with Crippen LogP contribution in [0.5, 0.6) is 0 Å². The molecule has 6 nitrogen and oxygen atoms in total. The Bertz CT molecular complexity index is 7110. The molecular formula is C96H60N4O2S2. The summed E-state index contributed by atoms with van der Waals surface area (Å²) in [7, 11) is 0. The van der Waals surface area contributed by atoms with Crippen LogP contribution < -0.4 is 9.80 Å². The van der Waals surface area contributed by atoms with Gasteiger partial charge in [0.25, 0.3) is 0 Å². The molecule has 22 rings (SSSR count). The van der Waals surface area contributed by atoms with Gasteiger partial charge in [0.05, 0.1) is 54.6 Å². The summed E-state index contributed by atoms with van der Waals surface area (Å²) in [6.45, 7) is 0. The molecule has 0 atom stereocenters. The van der Waals surface area contributed by atoms with Gasteiger partial charge in [-0.3, -0.25) is 0 Å². The molecule has 0 fully saturated rings. The Labute approximate surface area is 605 Å². The lowest BCUT2D eigenvalue weighted by Gasteiger charge is -2.27. The number of para-hydroxylation sites is 6. The molecule has 6 aromatic heterocycles. The highest BCUT2D eigenvalue weighted by Crippen LogP contribution is 2.50.